The molecule has 0 saturated heterocycles. The number of carboxylic acids is 1. The van der Waals surface area contributed by atoms with Gasteiger partial charge in [-0.25, -0.2) is 0 Å². The van der Waals surface area contributed by atoms with Gasteiger partial charge >= 0.3 is 5.97 Å². The molecule has 0 aliphatic heterocycles. The van der Waals surface area contributed by atoms with E-state index in [0.717, 1.165) is 0 Å². The molecule has 0 heterocycles. The molecule has 1 amide bonds. The number of nitro groups is 1. The minimum Gasteiger partial charge on any atom is -0.481 e. The van der Waals surface area contributed by atoms with Crippen LogP contribution in [0.5, 0.6) is 0 Å². The minimum atomic E-state index is -1.01. The summed E-state index contributed by atoms with van der Waals surface area (Å²) in [5.41, 5.74) is -0.0132. The number of aliphatic carboxylic acids is 1. The molecule has 2 N–H and O–H groups in total. The number of benzene rings is 1. The van der Waals surface area contributed by atoms with Crippen LogP contribution in [0.3, 0.4) is 0 Å². The average molecular weight is 406 g/mol. The predicted octanol–water partition coefficient (Wildman–Crippen LogP) is 2.43. The third-order valence-corrected chi connectivity index (χ3v) is 3.86. The molecule has 0 radical (unpaired) electrons. The molecule has 0 saturated carbocycles. The number of non-ortho nitro benzene ring substituents is 1. The molecule has 1 aromatic carbocycles. The summed E-state index contributed by atoms with van der Waals surface area (Å²) in [6, 6.07) is 3.45. The topological polar surface area (TPSA) is 110 Å². The highest BCUT2D eigenvalue weighted by atomic mass is 127. The Bertz CT molecular complexity index is 574. The maximum absolute atomic E-state index is 12.2. The fourth-order valence-electron chi connectivity index (χ4n) is 1.69. The van der Waals surface area contributed by atoms with Gasteiger partial charge in [0.25, 0.3) is 11.6 Å². The summed E-state index contributed by atoms with van der Waals surface area (Å²) in [7, 11) is 0. The van der Waals surface area contributed by atoms with Gasteiger partial charge in [-0.2, -0.15) is 0 Å². The number of halogens is 1. The summed E-state index contributed by atoms with van der Waals surface area (Å²) in [6.07, 6.45) is -0.199. The second-order valence-electron chi connectivity index (χ2n) is 4.84. The van der Waals surface area contributed by atoms with Crippen molar-refractivity contribution >= 4 is 40.2 Å². The van der Waals surface area contributed by atoms with Gasteiger partial charge in [-0.05, 0) is 34.6 Å². The first-order valence-corrected chi connectivity index (χ1v) is 7.26. The van der Waals surface area contributed by atoms with Crippen LogP contribution in [-0.2, 0) is 4.79 Å². The number of rotatable bonds is 6. The summed E-state index contributed by atoms with van der Waals surface area (Å²) in [6.45, 7) is 3.60. The van der Waals surface area contributed by atoms with Gasteiger partial charge in [0.05, 0.1) is 16.9 Å². The lowest BCUT2D eigenvalue weighted by atomic mass is 10.0. The molecule has 1 rings (SSSR count). The highest BCUT2D eigenvalue weighted by Gasteiger charge is 2.22. The van der Waals surface area contributed by atoms with Crippen molar-refractivity contribution in [3.8, 4) is 0 Å². The summed E-state index contributed by atoms with van der Waals surface area (Å²) in [4.78, 5) is 33.2. The first kappa shape index (κ1) is 17.3. The maximum Gasteiger partial charge on any atom is 0.305 e. The van der Waals surface area contributed by atoms with Gasteiger partial charge < -0.3 is 10.4 Å². The van der Waals surface area contributed by atoms with Crippen LogP contribution in [0.25, 0.3) is 0 Å². The second-order valence-corrected chi connectivity index (χ2v) is 6.01. The molecule has 0 aliphatic rings. The molecule has 8 heteroatoms. The number of hydrogen-bond acceptors (Lipinski definition) is 4. The highest BCUT2D eigenvalue weighted by molar-refractivity contribution is 14.1. The Balaban J connectivity index is 2.99. The van der Waals surface area contributed by atoms with Gasteiger partial charge in [0.15, 0.2) is 0 Å². The molecule has 1 atom stereocenters. The van der Waals surface area contributed by atoms with Gasteiger partial charge in [-0.15, -0.1) is 0 Å². The third kappa shape index (κ3) is 4.96. The smallest absolute Gasteiger partial charge is 0.305 e. The first-order valence-electron chi connectivity index (χ1n) is 6.19. The zero-order valence-corrected chi connectivity index (χ0v) is 13.7. The van der Waals surface area contributed by atoms with Crippen molar-refractivity contribution in [1.82, 2.24) is 5.32 Å². The van der Waals surface area contributed by atoms with Gasteiger partial charge in [-0.3, -0.25) is 19.7 Å². The van der Waals surface area contributed by atoms with Gasteiger partial charge in [0.2, 0.25) is 0 Å². The molecular formula is C13H15IN2O5. The number of nitrogens with one attached hydrogen (secondary N) is 1. The van der Waals surface area contributed by atoms with E-state index in [1.165, 1.54) is 18.2 Å². The van der Waals surface area contributed by atoms with E-state index >= 15 is 0 Å². The molecule has 7 nitrogen and oxygen atoms in total. The fourth-order valence-corrected chi connectivity index (χ4v) is 2.27. The van der Waals surface area contributed by atoms with Crippen molar-refractivity contribution < 1.29 is 19.6 Å². The Morgan fingerprint density at radius 1 is 1.43 bits per heavy atom. The standard InChI is InChI=1S/C13H15IN2O5/c1-7(2)11(6-12(17)18)15-13(19)9-5-8(16(20)21)3-4-10(9)14/h3-5,7,11H,6H2,1-2H3,(H,15,19)(H,17,18). The molecular weight excluding hydrogens is 391 g/mol. The number of amides is 1. The van der Waals surface area contributed by atoms with E-state index in [4.69, 9.17) is 5.11 Å². The summed E-state index contributed by atoms with van der Waals surface area (Å²) in [5, 5.41) is 22.2. The lowest BCUT2D eigenvalue weighted by Crippen LogP contribution is -2.40. The van der Waals surface area contributed by atoms with E-state index in [0.29, 0.717) is 3.57 Å². The Morgan fingerprint density at radius 2 is 2.05 bits per heavy atom. The van der Waals surface area contributed by atoms with E-state index in [1.54, 1.807) is 13.8 Å². The van der Waals surface area contributed by atoms with Crippen molar-refractivity contribution in [2.45, 2.75) is 26.3 Å². The van der Waals surface area contributed by atoms with Crippen molar-refractivity contribution in [2.24, 2.45) is 5.92 Å². The highest BCUT2D eigenvalue weighted by Crippen LogP contribution is 2.20. The molecule has 0 aliphatic carbocycles. The van der Waals surface area contributed by atoms with Crippen LogP contribution in [0.15, 0.2) is 18.2 Å². The van der Waals surface area contributed by atoms with Crippen LogP contribution in [0, 0.1) is 19.6 Å². The van der Waals surface area contributed by atoms with Crippen LogP contribution in [0.2, 0.25) is 0 Å². The SMILES string of the molecule is CC(C)C(CC(=O)O)NC(=O)c1cc([N+](=O)[O-])ccc1I. The van der Waals surface area contributed by atoms with E-state index < -0.39 is 22.8 Å². The van der Waals surface area contributed by atoms with Gasteiger partial charge in [0, 0.05) is 21.7 Å². The Hall–Kier alpha value is -1.71. The Labute approximate surface area is 135 Å². The molecule has 0 aromatic heterocycles. The number of carboxylic acid groups (broad SMARTS) is 1. The van der Waals surface area contributed by atoms with E-state index in [-0.39, 0.29) is 23.6 Å². The lowest BCUT2D eigenvalue weighted by Gasteiger charge is -2.20. The molecule has 0 spiro atoms. The first-order chi connectivity index (χ1) is 9.72. The molecule has 1 aromatic rings. The summed E-state index contributed by atoms with van der Waals surface area (Å²) >= 11 is 1.91. The summed E-state index contributed by atoms with van der Waals surface area (Å²) in [5.74, 6) is -1.59. The number of nitrogens with zero attached hydrogens (tertiary/aromatic N) is 1. The molecule has 21 heavy (non-hydrogen) atoms. The number of nitro benzene ring substituents is 1. The molecule has 0 bridgehead atoms. The third-order valence-electron chi connectivity index (χ3n) is 2.92. The normalized spacial score (nSPS) is 12.0. The minimum absolute atomic E-state index is 0.0681. The van der Waals surface area contributed by atoms with E-state index in [1.807, 2.05) is 22.6 Å². The van der Waals surface area contributed by atoms with Crippen LogP contribution in [0.4, 0.5) is 5.69 Å². The van der Waals surface area contributed by atoms with E-state index in [9.17, 15) is 19.7 Å². The van der Waals surface area contributed by atoms with Crippen LogP contribution in [-0.4, -0.2) is 27.9 Å². The maximum atomic E-state index is 12.2. The zero-order valence-electron chi connectivity index (χ0n) is 11.5. The van der Waals surface area contributed by atoms with Crippen molar-refractivity contribution in [3.05, 3.63) is 37.4 Å². The quantitative estimate of drug-likeness (QED) is 0.429. The fraction of sp³-hybridized carbons (Fsp3) is 0.385. The van der Waals surface area contributed by atoms with Crippen LogP contribution in [0.1, 0.15) is 30.6 Å². The second kappa shape index (κ2) is 7.34. The predicted molar refractivity (Wildman–Crippen MR) is 84.2 cm³/mol. The van der Waals surface area contributed by atoms with Gasteiger partial charge in [-0.1, -0.05) is 13.8 Å². The van der Waals surface area contributed by atoms with Crippen LogP contribution >= 0.6 is 22.6 Å². The monoisotopic (exact) mass is 406 g/mol. The lowest BCUT2D eigenvalue weighted by molar-refractivity contribution is -0.384. The molecule has 114 valence electrons. The van der Waals surface area contributed by atoms with E-state index in [2.05, 4.69) is 5.32 Å². The Morgan fingerprint density at radius 3 is 2.52 bits per heavy atom. The molecule has 1 unspecified atom stereocenters. The van der Waals surface area contributed by atoms with Crippen LogP contribution < -0.4 is 5.32 Å². The van der Waals surface area contributed by atoms with Crippen molar-refractivity contribution in [3.63, 3.8) is 0 Å². The number of hydrogen-bond donors (Lipinski definition) is 2. The number of carbonyl (C=O) groups is 2. The average Bonchev–Trinajstić information content (AvgIpc) is 2.37. The Kier molecular flexibility index (Phi) is 6.06. The zero-order chi connectivity index (χ0) is 16.2. The molecule has 0 fully saturated rings. The largest absolute Gasteiger partial charge is 0.481 e. The number of carbonyl (C=O) groups excluding carboxylic acids is 1. The van der Waals surface area contributed by atoms with Gasteiger partial charge in [0.1, 0.15) is 0 Å². The summed E-state index contributed by atoms with van der Waals surface area (Å²) < 4.78 is 0.563. The van der Waals surface area contributed by atoms with Crippen molar-refractivity contribution in [2.75, 3.05) is 0 Å². The van der Waals surface area contributed by atoms with Crippen molar-refractivity contribution in [1.29, 1.82) is 0 Å².